The van der Waals surface area contributed by atoms with Crippen LogP contribution in [0.1, 0.15) is 5.76 Å². The molecule has 3 aromatic rings. The molecule has 1 fully saturated rings. The Hall–Kier alpha value is -3.07. The molecule has 0 aliphatic carbocycles. The number of rotatable bonds is 4. The first-order chi connectivity index (χ1) is 14.4. The smallest absolute Gasteiger partial charge is 0.281 e. The molecule has 1 aliphatic rings. The lowest BCUT2D eigenvalue weighted by molar-refractivity contribution is -0.384. The number of amidine groups is 1. The molecule has 1 aliphatic heterocycles. The molecule has 1 amide bonds. The summed E-state index contributed by atoms with van der Waals surface area (Å²) in [6, 6.07) is 14.4. The zero-order valence-corrected chi connectivity index (χ0v) is 17.3. The molecule has 0 radical (unpaired) electrons. The number of nitrogens with zero attached hydrogens (tertiary/aromatic N) is 2. The Morgan fingerprint density at radius 3 is 2.53 bits per heavy atom. The van der Waals surface area contributed by atoms with Crippen molar-refractivity contribution in [3.05, 3.63) is 85.4 Å². The second-order valence-electron chi connectivity index (χ2n) is 6.08. The van der Waals surface area contributed by atoms with Gasteiger partial charge in [0, 0.05) is 22.2 Å². The largest absolute Gasteiger partial charge is 0.456 e. The maximum absolute atomic E-state index is 12.2. The van der Waals surface area contributed by atoms with E-state index in [1.807, 2.05) is 0 Å². The molecule has 30 heavy (non-hydrogen) atoms. The fraction of sp³-hybridized carbons (Fsp3) is 0. The van der Waals surface area contributed by atoms with Crippen LogP contribution in [0, 0.1) is 10.1 Å². The van der Waals surface area contributed by atoms with E-state index in [1.54, 1.807) is 48.5 Å². The molecule has 2 heterocycles. The molecule has 4 rings (SSSR count). The van der Waals surface area contributed by atoms with E-state index in [1.165, 1.54) is 12.1 Å². The van der Waals surface area contributed by atoms with Gasteiger partial charge in [-0.25, -0.2) is 4.99 Å². The van der Waals surface area contributed by atoms with Crippen LogP contribution in [-0.4, -0.2) is 16.0 Å². The van der Waals surface area contributed by atoms with Crippen LogP contribution in [0.15, 0.2) is 68.9 Å². The topological polar surface area (TPSA) is 97.7 Å². The molecule has 0 saturated carbocycles. The first kappa shape index (κ1) is 20.2. The first-order valence-corrected chi connectivity index (χ1v) is 10.1. The Labute approximate surface area is 184 Å². The lowest BCUT2D eigenvalue weighted by Crippen LogP contribution is -2.19. The summed E-state index contributed by atoms with van der Waals surface area (Å²) in [6.07, 6.45) is 1.55. The van der Waals surface area contributed by atoms with E-state index in [2.05, 4.69) is 10.3 Å². The highest BCUT2D eigenvalue weighted by Gasteiger charge is 2.25. The molecule has 1 N–H and O–H groups in total. The minimum Gasteiger partial charge on any atom is -0.456 e. The summed E-state index contributed by atoms with van der Waals surface area (Å²) in [7, 11) is 0. The average molecular weight is 460 g/mol. The fourth-order valence-electron chi connectivity index (χ4n) is 2.68. The molecular formula is C20H11Cl2N3O4S. The number of carbonyl (C=O) groups is 1. The van der Waals surface area contributed by atoms with E-state index < -0.39 is 4.92 Å². The summed E-state index contributed by atoms with van der Waals surface area (Å²) in [5, 5.41) is 15.3. The number of nitrogens with one attached hydrogen (secondary N) is 1. The van der Waals surface area contributed by atoms with Gasteiger partial charge in [-0.2, -0.15) is 0 Å². The Morgan fingerprint density at radius 2 is 1.80 bits per heavy atom. The van der Waals surface area contributed by atoms with Crippen LogP contribution in [-0.2, 0) is 4.79 Å². The summed E-state index contributed by atoms with van der Waals surface area (Å²) in [4.78, 5) is 27.8. The van der Waals surface area contributed by atoms with Gasteiger partial charge in [-0.1, -0.05) is 23.2 Å². The van der Waals surface area contributed by atoms with Gasteiger partial charge >= 0.3 is 0 Å². The van der Waals surface area contributed by atoms with Crippen LogP contribution in [0.4, 0.5) is 11.4 Å². The third-order valence-electron chi connectivity index (χ3n) is 4.03. The molecule has 0 bridgehead atoms. The summed E-state index contributed by atoms with van der Waals surface area (Å²) >= 11 is 12.9. The van der Waals surface area contributed by atoms with Crippen molar-refractivity contribution in [2.45, 2.75) is 0 Å². The Morgan fingerprint density at radius 1 is 1.07 bits per heavy atom. The minimum absolute atomic E-state index is 0.165. The normalized spacial score (nSPS) is 16.3. The Kier molecular flexibility index (Phi) is 5.63. The SMILES string of the molecule is O=C1NC(=Nc2ccc(Cl)cc2)S/C1=C\c1ccc(-c2ccc(Cl)cc2[N+](=O)[O-])o1. The van der Waals surface area contributed by atoms with Crippen molar-refractivity contribution >= 4 is 63.5 Å². The van der Waals surface area contributed by atoms with Crippen molar-refractivity contribution in [1.82, 2.24) is 5.32 Å². The molecule has 1 aromatic heterocycles. The second kappa shape index (κ2) is 8.35. The number of carbonyl (C=O) groups excluding carboxylic acids is 1. The van der Waals surface area contributed by atoms with Crippen LogP contribution in [0.3, 0.4) is 0 Å². The van der Waals surface area contributed by atoms with Gasteiger partial charge in [0.05, 0.1) is 21.1 Å². The molecule has 10 heteroatoms. The van der Waals surface area contributed by atoms with Gasteiger partial charge in [0.1, 0.15) is 11.5 Å². The molecule has 0 unspecified atom stereocenters. The van der Waals surface area contributed by atoms with E-state index in [0.29, 0.717) is 37.9 Å². The van der Waals surface area contributed by atoms with Crippen molar-refractivity contribution in [3.8, 4) is 11.3 Å². The molecule has 2 aromatic carbocycles. The molecule has 0 atom stereocenters. The van der Waals surface area contributed by atoms with E-state index in [4.69, 9.17) is 27.6 Å². The number of nitro groups is 1. The lowest BCUT2D eigenvalue weighted by atomic mass is 10.1. The number of thioether (sulfide) groups is 1. The maximum atomic E-state index is 12.2. The van der Waals surface area contributed by atoms with Crippen molar-refractivity contribution < 1.29 is 14.1 Å². The predicted octanol–water partition coefficient (Wildman–Crippen LogP) is 6.05. The van der Waals surface area contributed by atoms with Gasteiger partial charge in [0.25, 0.3) is 11.6 Å². The zero-order chi connectivity index (χ0) is 21.3. The number of aliphatic imine (C=N–C) groups is 1. The van der Waals surface area contributed by atoms with Crippen molar-refractivity contribution in [2.75, 3.05) is 0 Å². The van der Waals surface area contributed by atoms with Crippen molar-refractivity contribution in [2.24, 2.45) is 4.99 Å². The summed E-state index contributed by atoms with van der Waals surface area (Å²) in [6.45, 7) is 0. The highest BCUT2D eigenvalue weighted by molar-refractivity contribution is 8.18. The zero-order valence-electron chi connectivity index (χ0n) is 15.0. The van der Waals surface area contributed by atoms with Crippen LogP contribution in [0.5, 0.6) is 0 Å². The number of benzene rings is 2. The van der Waals surface area contributed by atoms with Crippen LogP contribution < -0.4 is 5.32 Å². The number of nitro benzene ring substituents is 1. The molecule has 0 spiro atoms. The van der Waals surface area contributed by atoms with E-state index in [9.17, 15) is 14.9 Å². The molecular weight excluding hydrogens is 449 g/mol. The Bertz CT molecular complexity index is 1220. The number of amides is 1. The summed E-state index contributed by atoms with van der Waals surface area (Å²) in [5.41, 5.74) is 0.780. The minimum atomic E-state index is -0.526. The monoisotopic (exact) mass is 459 g/mol. The average Bonchev–Trinajstić information content (AvgIpc) is 3.30. The molecule has 150 valence electrons. The van der Waals surface area contributed by atoms with Crippen LogP contribution >= 0.6 is 35.0 Å². The van der Waals surface area contributed by atoms with Gasteiger partial charge < -0.3 is 9.73 Å². The standard InChI is InChI=1S/C20H11Cl2N3O4S/c21-11-1-4-13(5-2-11)23-20-24-19(26)18(30-20)10-14-6-8-17(29-14)15-7-3-12(22)9-16(15)25(27)28/h1-10H,(H,23,24,26)/b18-10-. The first-order valence-electron chi connectivity index (χ1n) is 8.48. The highest BCUT2D eigenvalue weighted by Crippen LogP contribution is 2.35. The number of furan rings is 1. The van der Waals surface area contributed by atoms with E-state index in [0.717, 1.165) is 11.8 Å². The van der Waals surface area contributed by atoms with Gasteiger partial charge in [0.2, 0.25) is 0 Å². The molecule has 1 saturated heterocycles. The number of hydrogen-bond donors (Lipinski definition) is 1. The number of hydrogen-bond acceptors (Lipinski definition) is 6. The quantitative estimate of drug-likeness (QED) is 0.290. The van der Waals surface area contributed by atoms with Crippen molar-refractivity contribution in [1.29, 1.82) is 0 Å². The van der Waals surface area contributed by atoms with Crippen LogP contribution in [0.25, 0.3) is 17.4 Å². The van der Waals surface area contributed by atoms with Gasteiger partial charge in [0.15, 0.2) is 5.17 Å². The fourth-order valence-corrected chi connectivity index (χ4v) is 3.80. The summed E-state index contributed by atoms with van der Waals surface area (Å²) in [5.74, 6) is 0.353. The molecule has 7 nitrogen and oxygen atoms in total. The van der Waals surface area contributed by atoms with Gasteiger partial charge in [-0.3, -0.25) is 14.9 Å². The Balaban J connectivity index is 1.58. The van der Waals surface area contributed by atoms with Crippen molar-refractivity contribution in [3.63, 3.8) is 0 Å². The maximum Gasteiger partial charge on any atom is 0.281 e. The second-order valence-corrected chi connectivity index (χ2v) is 7.98. The number of halogens is 2. The predicted molar refractivity (Wildman–Crippen MR) is 118 cm³/mol. The van der Waals surface area contributed by atoms with Gasteiger partial charge in [-0.15, -0.1) is 0 Å². The third-order valence-corrected chi connectivity index (χ3v) is 5.43. The van der Waals surface area contributed by atoms with E-state index in [-0.39, 0.29) is 16.6 Å². The van der Waals surface area contributed by atoms with Crippen LogP contribution in [0.2, 0.25) is 10.0 Å². The highest BCUT2D eigenvalue weighted by atomic mass is 35.5. The lowest BCUT2D eigenvalue weighted by Gasteiger charge is -2.00. The van der Waals surface area contributed by atoms with Gasteiger partial charge in [-0.05, 0) is 60.3 Å². The van der Waals surface area contributed by atoms with E-state index >= 15 is 0 Å². The third kappa shape index (κ3) is 4.40. The summed E-state index contributed by atoms with van der Waals surface area (Å²) < 4.78 is 5.71.